The molecule has 0 unspecified atom stereocenters. The van der Waals surface area contributed by atoms with Gasteiger partial charge in [0.05, 0.1) is 0 Å². The maximum absolute atomic E-state index is 10.8. The van der Waals surface area contributed by atoms with Crippen LogP contribution in [0, 0.1) is 0 Å². The third-order valence-electron chi connectivity index (χ3n) is 2.89. The van der Waals surface area contributed by atoms with Crippen molar-refractivity contribution in [2.75, 3.05) is 0 Å². The number of hydrogen-bond acceptors (Lipinski definition) is 4. The second kappa shape index (κ2) is 7.14. The highest BCUT2D eigenvalue weighted by molar-refractivity contribution is 7.56. The van der Waals surface area contributed by atoms with Crippen LogP contribution in [0.2, 0.25) is 0 Å². The molecular weight excluding hydrogens is 311 g/mol. The van der Waals surface area contributed by atoms with Gasteiger partial charge in [0.2, 0.25) is 0 Å². The molecule has 0 heterocycles. The lowest BCUT2D eigenvalue weighted by molar-refractivity contribution is 0.255. The Kier molecular flexibility index (Phi) is 4.77. The minimum atomic E-state index is -3.64. The van der Waals surface area contributed by atoms with Gasteiger partial charge in [-0.2, -0.15) is 0 Å². The molecule has 0 aliphatic carbocycles. The zero-order chi connectivity index (χ0) is 16.0. The van der Waals surface area contributed by atoms with Gasteiger partial charge in [0.1, 0.15) is 0 Å². The SMILES string of the molecule is O[P+](Oc1ccccc1)(Oc1ccccc1)Oc1ccccc1. The van der Waals surface area contributed by atoms with Crippen LogP contribution in [0.15, 0.2) is 91.0 Å². The molecule has 5 heteroatoms. The van der Waals surface area contributed by atoms with Gasteiger partial charge in [-0.05, 0) is 36.4 Å². The lowest BCUT2D eigenvalue weighted by Gasteiger charge is -2.15. The predicted molar refractivity (Wildman–Crippen MR) is 90.3 cm³/mol. The van der Waals surface area contributed by atoms with Crippen LogP contribution in [-0.4, -0.2) is 4.89 Å². The van der Waals surface area contributed by atoms with Crippen LogP contribution in [-0.2, 0) is 0 Å². The van der Waals surface area contributed by atoms with Crippen molar-refractivity contribution in [2.24, 2.45) is 0 Å². The highest BCUT2D eigenvalue weighted by atomic mass is 31.2. The van der Waals surface area contributed by atoms with Crippen LogP contribution in [0.3, 0.4) is 0 Å². The van der Waals surface area contributed by atoms with Gasteiger partial charge in [-0.3, -0.25) is 0 Å². The zero-order valence-electron chi connectivity index (χ0n) is 12.3. The van der Waals surface area contributed by atoms with Crippen molar-refractivity contribution in [1.29, 1.82) is 0 Å². The Morgan fingerprint density at radius 2 is 0.739 bits per heavy atom. The van der Waals surface area contributed by atoms with Gasteiger partial charge in [-0.1, -0.05) is 54.6 Å². The zero-order valence-corrected chi connectivity index (χ0v) is 13.2. The van der Waals surface area contributed by atoms with Gasteiger partial charge in [0.25, 0.3) is 0 Å². The molecule has 0 aliphatic heterocycles. The van der Waals surface area contributed by atoms with Crippen molar-refractivity contribution >= 4 is 8.17 Å². The van der Waals surface area contributed by atoms with E-state index in [-0.39, 0.29) is 0 Å². The molecule has 0 aromatic heterocycles. The summed E-state index contributed by atoms with van der Waals surface area (Å²) in [6.45, 7) is 0. The average molecular weight is 327 g/mol. The maximum Gasteiger partial charge on any atom is 0.714 e. The van der Waals surface area contributed by atoms with Crippen LogP contribution < -0.4 is 13.6 Å². The highest BCUT2D eigenvalue weighted by Gasteiger charge is 2.50. The fraction of sp³-hybridized carbons (Fsp3) is 0. The van der Waals surface area contributed by atoms with Crippen LogP contribution >= 0.6 is 8.17 Å². The van der Waals surface area contributed by atoms with Crippen molar-refractivity contribution in [1.82, 2.24) is 0 Å². The highest BCUT2D eigenvalue weighted by Crippen LogP contribution is 2.56. The van der Waals surface area contributed by atoms with Gasteiger partial charge in [0, 0.05) is 0 Å². The molecule has 0 saturated carbocycles. The molecule has 0 radical (unpaired) electrons. The van der Waals surface area contributed by atoms with Crippen LogP contribution in [0.1, 0.15) is 0 Å². The second-order valence-corrected chi connectivity index (χ2v) is 6.17. The Morgan fingerprint density at radius 1 is 0.478 bits per heavy atom. The molecule has 116 valence electrons. The Morgan fingerprint density at radius 3 is 1.00 bits per heavy atom. The molecule has 0 aliphatic rings. The van der Waals surface area contributed by atoms with Crippen LogP contribution in [0.25, 0.3) is 0 Å². The monoisotopic (exact) mass is 327 g/mol. The van der Waals surface area contributed by atoms with E-state index in [1.165, 1.54) is 0 Å². The first-order valence-electron chi connectivity index (χ1n) is 7.09. The summed E-state index contributed by atoms with van der Waals surface area (Å²) in [6.07, 6.45) is 0. The fourth-order valence-electron chi connectivity index (χ4n) is 1.90. The Labute approximate surface area is 135 Å². The van der Waals surface area contributed by atoms with Gasteiger partial charge in [0.15, 0.2) is 17.2 Å². The first-order valence-corrected chi connectivity index (χ1v) is 8.59. The van der Waals surface area contributed by atoms with Gasteiger partial charge in [-0.25, -0.2) is 13.6 Å². The standard InChI is InChI=1S/C18H16O4P/c19-23(20-16-10-4-1-5-11-16,21-17-12-6-2-7-13-17)22-18-14-8-3-9-15-18/h1-15,19H/q+1. The molecular formula is C18H16O4P+. The first kappa shape index (κ1) is 15.3. The summed E-state index contributed by atoms with van der Waals surface area (Å²) >= 11 is 0. The van der Waals surface area contributed by atoms with Crippen molar-refractivity contribution in [2.45, 2.75) is 0 Å². The summed E-state index contributed by atoms with van der Waals surface area (Å²) in [5, 5.41) is 0. The lowest BCUT2D eigenvalue weighted by Crippen LogP contribution is -2.14. The Balaban J connectivity index is 1.85. The third-order valence-corrected chi connectivity index (χ3v) is 4.22. The van der Waals surface area contributed by atoms with Crippen LogP contribution in [0.4, 0.5) is 0 Å². The van der Waals surface area contributed by atoms with Crippen molar-refractivity contribution in [3.63, 3.8) is 0 Å². The van der Waals surface area contributed by atoms with E-state index < -0.39 is 8.17 Å². The molecule has 3 aromatic carbocycles. The van der Waals surface area contributed by atoms with E-state index in [1.807, 2.05) is 54.6 Å². The van der Waals surface area contributed by atoms with E-state index in [1.54, 1.807) is 36.4 Å². The number of benzene rings is 3. The van der Waals surface area contributed by atoms with E-state index in [2.05, 4.69) is 0 Å². The Bertz CT molecular complexity index is 618. The number of hydrogen-bond donors (Lipinski definition) is 1. The van der Waals surface area contributed by atoms with Crippen molar-refractivity contribution in [3.05, 3.63) is 91.0 Å². The van der Waals surface area contributed by atoms with E-state index in [0.29, 0.717) is 17.2 Å². The summed E-state index contributed by atoms with van der Waals surface area (Å²) in [4.78, 5) is 10.8. The van der Waals surface area contributed by atoms with Crippen molar-refractivity contribution in [3.8, 4) is 17.2 Å². The van der Waals surface area contributed by atoms with Gasteiger partial charge >= 0.3 is 8.17 Å². The van der Waals surface area contributed by atoms with Gasteiger partial charge < -0.3 is 0 Å². The second-order valence-electron chi connectivity index (χ2n) is 4.68. The minimum absolute atomic E-state index is 0.468. The van der Waals surface area contributed by atoms with E-state index >= 15 is 0 Å². The van der Waals surface area contributed by atoms with E-state index in [0.717, 1.165) is 0 Å². The topological polar surface area (TPSA) is 47.9 Å². The summed E-state index contributed by atoms with van der Waals surface area (Å²) in [5.41, 5.74) is 0. The molecule has 0 amide bonds. The van der Waals surface area contributed by atoms with Crippen molar-refractivity contribution < 1.29 is 18.5 Å². The third kappa shape index (κ3) is 4.46. The maximum atomic E-state index is 10.8. The molecule has 0 spiro atoms. The normalized spacial score (nSPS) is 10.8. The summed E-state index contributed by atoms with van der Waals surface area (Å²) in [5.74, 6) is 1.40. The number of rotatable bonds is 6. The molecule has 0 bridgehead atoms. The number of para-hydroxylation sites is 3. The molecule has 1 N–H and O–H groups in total. The predicted octanol–water partition coefficient (Wildman–Crippen LogP) is 4.89. The van der Waals surface area contributed by atoms with Gasteiger partial charge in [-0.15, -0.1) is 4.89 Å². The molecule has 3 aromatic rings. The summed E-state index contributed by atoms with van der Waals surface area (Å²) in [6, 6.07) is 26.8. The minimum Gasteiger partial charge on any atom is -0.248 e. The summed E-state index contributed by atoms with van der Waals surface area (Å²) < 4.78 is 16.9. The smallest absolute Gasteiger partial charge is 0.248 e. The molecule has 0 fully saturated rings. The lowest BCUT2D eigenvalue weighted by atomic mass is 10.3. The molecule has 4 nitrogen and oxygen atoms in total. The molecule has 3 rings (SSSR count). The quantitative estimate of drug-likeness (QED) is 0.655. The Hall–Kier alpha value is -2.55. The molecule has 0 saturated heterocycles. The molecule has 0 atom stereocenters. The van der Waals surface area contributed by atoms with Crippen LogP contribution in [0.5, 0.6) is 17.2 Å². The van der Waals surface area contributed by atoms with E-state index in [4.69, 9.17) is 13.6 Å². The summed E-state index contributed by atoms with van der Waals surface area (Å²) in [7, 11) is -3.64. The molecule has 23 heavy (non-hydrogen) atoms. The van der Waals surface area contributed by atoms with E-state index in [9.17, 15) is 4.89 Å². The largest absolute Gasteiger partial charge is 0.714 e. The first-order chi connectivity index (χ1) is 11.2. The average Bonchev–Trinajstić information content (AvgIpc) is 2.57. The fourth-order valence-corrected chi connectivity index (χ4v) is 3.18.